The van der Waals surface area contributed by atoms with Gasteiger partial charge in [-0.15, -0.1) is 0 Å². The lowest BCUT2D eigenvalue weighted by Crippen LogP contribution is -2.19. The zero-order valence-electron chi connectivity index (χ0n) is 17.7. The summed E-state index contributed by atoms with van der Waals surface area (Å²) in [6.45, 7) is 5.66. The molecule has 0 aliphatic heterocycles. The van der Waals surface area contributed by atoms with Gasteiger partial charge >= 0.3 is 5.97 Å². The third-order valence-electron chi connectivity index (χ3n) is 5.44. The van der Waals surface area contributed by atoms with E-state index in [1.54, 1.807) is 18.9 Å². The summed E-state index contributed by atoms with van der Waals surface area (Å²) in [7, 11) is 0. The fourth-order valence-electron chi connectivity index (χ4n) is 3.64. The van der Waals surface area contributed by atoms with E-state index in [1.165, 1.54) is 16.7 Å². The van der Waals surface area contributed by atoms with Gasteiger partial charge in [0.05, 0.1) is 0 Å². The molecule has 31 heavy (non-hydrogen) atoms. The Morgan fingerprint density at radius 3 is 2.48 bits per heavy atom. The second-order valence-corrected chi connectivity index (χ2v) is 8.81. The molecule has 0 amide bonds. The molecule has 0 bridgehead atoms. The highest BCUT2D eigenvalue weighted by Crippen LogP contribution is 2.32. The fraction of sp³-hybridized carbons (Fsp3) is 0.192. The van der Waals surface area contributed by atoms with E-state index in [-0.39, 0.29) is 5.76 Å². The molecule has 0 atom stereocenters. The van der Waals surface area contributed by atoms with Crippen LogP contribution >= 0.6 is 11.9 Å². The summed E-state index contributed by atoms with van der Waals surface area (Å²) in [6, 6.07) is 24.8. The first-order valence-electron chi connectivity index (χ1n) is 10.3. The van der Waals surface area contributed by atoms with Gasteiger partial charge in [-0.1, -0.05) is 54.6 Å². The molecule has 4 aromatic rings. The number of furan rings is 1. The smallest absolute Gasteiger partial charge is 0.372 e. The summed E-state index contributed by atoms with van der Waals surface area (Å²) < 4.78 is 7.88. The number of aryl methyl sites for hydroxylation is 2. The number of carbonyl (C=O) groups is 1. The molecule has 0 saturated heterocycles. The minimum atomic E-state index is -1.04. The molecule has 0 aliphatic rings. The normalized spacial score (nSPS) is 11.3. The molecule has 1 aromatic heterocycles. The standard InChI is InChI=1S/C26H25NO3S/c1-18-8-6-7-11-21(18)17-27(15-14-20-9-4-3-5-10-20)31-22-12-13-24-23(16-22)19(2)25(30-24)26(28)29/h3-13,16H,14-15,17H2,1-2H3,(H,28,29). The number of hydrogen-bond acceptors (Lipinski definition) is 4. The van der Waals surface area contributed by atoms with Crippen molar-refractivity contribution in [1.29, 1.82) is 0 Å². The van der Waals surface area contributed by atoms with Gasteiger partial charge in [-0.05, 0) is 67.1 Å². The van der Waals surface area contributed by atoms with Crippen LogP contribution in [0.25, 0.3) is 11.0 Å². The highest BCUT2D eigenvalue weighted by atomic mass is 32.2. The molecule has 0 radical (unpaired) electrons. The van der Waals surface area contributed by atoms with E-state index < -0.39 is 5.97 Å². The third kappa shape index (κ3) is 5.01. The fourth-order valence-corrected chi connectivity index (χ4v) is 4.63. The predicted octanol–water partition coefficient (Wildman–Crippen LogP) is 6.50. The van der Waals surface area contributed by atoms with Gasteiger partial charge < -0.3 is 9.52 Å². The largest absolute Gasteiger partial charge is 0.475 e. The van der Waals surface area contributed by atoms with Gasteiger partial charge in [0.25, 0.3) is 0 Å². The number of fused-ring (bicyclic) bond motifs is 1. The maximum absolute atomic E-state index is 11.4. The van der Waals surface area contributed by atoms with Crippen LogP contribution in [0.3, 0.4) is 0 Å². The van der Waals surface area contributed by atoms with Gasteiger partial charge in [-0.3, -0.25) is 0 Å². The average molecular weight is 432 g/mol. The van der Waals surface area contributed by atoms with Crippen molar-refractivity contribution in [3.05, 3.63) is 101 Å². The van der Waals surface area contributed by atoms with Crippen molar-refractivity contribution < 1.29 is 14.3 Å². The van der Waals surface area contributed by atoms with E-state index in [2.05, 4.69) is 59.8 Å². The first-order valence-corrected chi connectivity index (χ1v) is 11.1. The van der Waals surface area contributed by atoms with Gasteiger partial charge in [-0.2, -0.15) is 0 Å². The Bertz CT molecular complexity index is 1200. The molecule has 1 N–H and O–H groups in total. The van der Waals surface area contributed by atoms with Crippen LogP contribution in [-0.2, 0) is 13.0 Å². The third-order valence-corrected chi connectivity index (χ3v) is 6.47. The van der Waals surface area contributed by atoms with Crippen LogP contribution in [0, 0.1) is 13.8 Å². The van der Waals surface area contributed by atoms with Crippen LogP contribution in [-0.4, -0.2) is 21.9 Å². The number of rotatable bonds is 8. The topological polar surface area (TPSA) is 53.7 Å². The summed E-state index contributed by atoms with van der Waals surface area (Å²) in [6.07, 6.45) is 0.954. The van der Waals surface area contributed by atoms with Crippen molar-refractivity contribution in [2.24, 2.45) is 0 Å². The van der Waals surface area contributed by atoms with Gasteiger partial charge in [0.2, 0.25) is 5.76 Å². The maximum atomic E-state index is 11.4. The van der Waals surface area contributed by atoms with Gasteiger partial charge in [0, 0.05) is 28.9 Å². The Morgan fingerprint density at radius 1 is 1.00 bits per heavy atom. The Morgan fingerprint density at radius 2 is 1.74 bits per heavy atom. The Balaban J connectivity index is 1.59. The summed E-state index contributed by atoms with van der Waals surface area (Å²) in [5, 5.41) is 10.2. The first kappa shape index (κ1) is 21.2. The molecular weight excluding hydrogens is 406 g/mol. The van der Waals surface area contributed by atoms with Crippen LogP contribution in [0.1, 0.15) is 32.8 Å². The van der Waals surface area contributed by atoms with E-state index in [0.29, 0.717) is 11.1 Å². The van der Waals surface area contributed by atoms with Crippen molar-refractivity contribution in [3.8, 4) is 0 Å². The number of hydrogen-bond donors (Lipinski definition) is 1. The number of benzene rings is 3. The van der Waals surface area contributed by atoms with Gasteiger partial charge in [-0.25, -0.2) is 9.10 Å². The van der Waals surface area contributed by atoms with Crippen molar-refractivity contribution in [1.82, 2.24) is 4.31 Å². The van der Waals surface area contributed by atoms with E-state index in [9.17, 15) is 9.90 Å². The number of carboxylic acids is 1. The SMILES string of the molecule is Cc1ccccc1CN(CCc1ccccc1)Sc1ccc2oc(C(=O)O)c(C)c2c1. The summed E-state index contributed by atoms with van der Waals surface area (Å²) in [4.78, 5) is 12.5. The second kappa shape index (κ2) is 9.41. The second-order valence-electron chi connectivity index (χ2n) is 7.64. The Labute approximate surface area is 186 Å². The highest BCUT2D eigenvalue weighted by Gasteiger charge is 2.18. The zero-order chi connectivity index (χ0) is 21.8. The summed E-state index contributed by atoms with van der Waals surface area (Å²) >= 11 is 1.70. The molecule has 4 rings (SSSR count). The lowest BCUT2D eigenvalue weighted by Gasteiger charge is -2.22. The molecule has 0 spiro atoms. The summed E-state index contributed by atoms with van der Waals surface area (Å²) in [5.41, 5.74) is 5.16. The quantitative estimate of drug-likeness (QED) is 0.323. The van der Waals surface area contributed by atoms with Crippen LogP contribution in [0.4, 0.5) is 0 Å². The molecule has 4 nitrogen and oxygen atoms in total. The molecule has 5 heteroatoms. The average Bonchev–Trinajstić information content (AvgIpc) is 3.11. The molecule has 0 unspecified atom stereocenters. The monoisotopic (exact) mass is 431 g/mol. The van der Waals surface area contributed by atoms with E-state index >= 15 is 0 Å². The lowest BCUT2D eigenvalue weighted by molar-refractivity contribution is 0.0664. The molecular formula is C26H25NO3S. The zero-order valence-corrected chi connectivity index (χ0v) is 18.5. The first-order chi connectivity index (χ1) is 15.0. The summed E-state index contributed by atoms with van der Waals surface area (Å²) in [5.74, 6) is -1.02. The van der Waals surface area contributed by atoms with Crippen LogP contribution in [0.2, 0.25) is 0 Å². The van der Waals surface area contributed by atoms with Gasteiger partial charge in [0.15, 0.2) is 0 Å². The Hall–Kier alpha value is -3.02. The molecule has 158 valence electrons. The lowest BCUT2D eigenvalue weighted by atomic mass is 10.1. The van der Waals surface area contributed by atoms with Crippen molar-refractivity contribution >= 4 is 28.9 Å². The minimum Gasteiger partial charge on any atom is -0.475 e. The molecule has 0 fully saturated rings. The van der Waals surface area contributed by atoms with Crippen LogP contribution in [0.15, 0.2) is 82.1 Å². The number of aromatic carboxylic acids is 1. The van der Waals surface area contributed by atoms with Crippen LogP contribution < -0.4 is 0 Å². The highest BCUT2D eigenvalue weighted by molar-refractivity contribution is 7.97. The Kier molecular flexibility index (Phi) is 6.44. The van der Waals surface area contributed by atoms with Crippen molar-refractivity contribution in [2.75, 3.05) is 6.54 Å². The van der Waals surface area contributed by atoms with Gasteiger partial charge in [0.1, 0.15) is 5.58 Å². The maximum Gasteiger partial charge on any atom is 0.372 e. The van der Waals surface area contributed by atoms with Crippen molar-refractivity contribution in [3.63, 3.8) is 0 Å². The van der Waals surface area contributed by atoms with Crippen LogP contribution in [0.5, 0.6) is 0 Å². The molecule has 3 aromatic carbocycles. The predicted molar refractivity (Wildman–Crippen MR) is 126 cm³/mol. The van der Waals surface area contributed by atoms with E-state index in [4.69, 9.17) is 4.42 Å². The van der Waals surface area contributed by atoms with E-state index in [0.717, 1.165) is 29.8 Å². The minimum absolute atomic E-state index is 0.0120. The number of nitrogens with zero attached hydrogens (tertiary/aromatic N) is 1. The molecule has 0 aliphatic carbocycles. The molecule has 1 heterocycles. The van der Waals surface area contributed by atoms with Crippen molar-refractivity contribution in [2.45, 2.75) is 31.7 Å². The molecule has 0 saturated carbocycles. The number of carboxylic acid groups (broad SMARTS) is 1. The van der Waals surface area contributed by atoms with E-state index in [1.807, 2.05) is 24.3 Å².